The summed E-state index contributed by atoms with van der Waals surface area (Å²) in [6, 6.07) is 0.154. The van der Waals surface area contributed by atoms with E-state index < -0.39 is 0 Å². The third-order valence-electron chi connectivity index (χ3n) is 1.97. The lowest BCUT2D eigenvalue weighted by molar-refractivity contribution is 0.546. The minimum atomic E-state index is -0.251. The molecular formula is C8H11N5O. The Bertz CT molecular complexity index is 524. The van der Waals surface area contributed by atoms with Crippen molar-refractivity contribution in [2.24, 2.45) is 0 Å². The van der Waals surface area contributed by atoms with Crippen LogP contribution in [0.5, 0.6) is 0 Å². The second kappa shape index (κ2) is 2.83. The molecule has 0 unspecified atom stereocenters. The van der Waals surface area contributed by atoms with Crippen LogP contribution in [0.4, 0.5) is 5.95 Å². The van der Waals surface area contributed by atoms with E-state index in [0.29, 0.717) is 11.0 Å². The number of aromatic amines is 1. The van der Waals surface area contributed by atoms with Gasteiger partial charge in [-0.2, -0.15) is 10.1 Å². The van der Waals surface area contributed by atoms with E-state index in [0.717, 1.165) is 0 Å². The summed E-state index contributed by atoms with van der Waals surface area (Å²) in [6.45, 7) is 3.93. The van der Waals surface area contributed by atoms with Crippen molar-refractivity contribution in [1.82, 2.24) is 19.7 Å². The predicted octanol–water partition coefficient (Wildman–Crippen LogP) is 0.283. The van der Waals surface area contributed by atoms with Gasteiger partial charge >= 0.3 is 0 Å². The van der Waals surface area contributed by atoms with Crippen LogP contribution in [0.3, 0.4) is 0 Å². The van der Waals surface area contributed by atoms with Gasteiger partial charge in [-0.25, -0.2) is 4.68 Å². The van der Waals surface area contributed by atoms with Gasteiger partial charge in [-0.1, -0.05) is 0 Å². The van der Waals surface area contributed by atoms with E-state index in [2.05, 4.69) is 15.1 Å². The van der Waals surface area contributed by atoms with E-state index in [9.17, 15) is 4.79 Å². The maximum absolute atomic E-state index is 11.4. The number of rotatable bonds is 1. The maximum atomic E-state index is 11.4. The van der Waals surface area contributed by atoms with Gasteiger partial charge in [0.1, 0.15) is 5.39 Å². The molecule has 0 aliphatic carbocycles. The number of anilines is 1. The molecule has 0 spiro atoms. The fraction of sp³-hybridized carbons (Fsp3) is 0.375. The number of hydrogen-bond acceptors (Lipinski definition) is 4. The Kier molecular flexibility index (Phi) is 1.77. The molecule has 0 saturated heterocycles. The summed E-state index contributed by atoms with van der Waals surface area (Å²) >= 11 is 0. The van der Waals surface area contributed by atoms with Gasteiger partial charge in [0.25, 0.3) is 5.56 Å². The number of hydrogen-bond donors (Lipinski definition) is 2. The molecule has 0 fully saturated rings. The molecule has 6 heteroatoms. The molecule has 0 aliphatic rings. The monoisotopic (exact) mass is 193 g/mol. The molecule has 2 rings (SSSR count). The lowest BCUT2D eigenvalue weighted by Crippen LogP contribution is -2.12. The highest BCUT2D eigenvalue weighted by Gasteiger charge is 2.10. The van der Waals surface area contributed by atoms with Crippen molar-refractivity contribution < 1.29 is 0 Å². The van der Waals surface area contributed by atoms with Crippen molar-refractivity contribution in [2.45, 2.75) is 19.9 Å². The molecule has 0 aliphatic heterocycles. The van der Waals surface area contributed by atoms with Crippen LogP contribution in [-0.4, -0.2) is 19.7 Å². The SMILES string of the molecule is CC(C)n1ncc2c(=O)[nH]c(N)nc21. The third-order valence-corrected chi connectivity index (χ3v) is 1.97. The number of fused-ring (bicyclic) bond motifs is 1. The van der Waals surface area contributed by atoms with Crippen LogP contribution in [0.2, 0.25) is 0 Å². The van der Waals surface area contributed by atoms with Crippen molar-refractivity contribution in [3.8, 4) is 0 Å². The quantitative estimate of drug-likeness (QED) is 0.680. The Hall–Kier alpha value is -1.85. The van der Waals surface area contributed by atoms with Crippen LogP contribution < -0.4 is 11.3 Å². The summed E-state index contributed by atoms with van der Waals surface area (Å²) in [6.07, 6.45) is 1.50. The van der Waals surface area contributed by atoms with E-state index in [1.807, 2.05) is 13.8 Å². The average molecular weight is 193 g/mol. The van der Waals surface area contributed by atoms with Crippen molar-refractivity contribution in [3.05, 3.63) is 16.6 Å². The van der Waals surface area contributed by atoms with Crippen molar-refractivity contribution in [2.75, 3.05) is 5.73 Å². The molecular weight excluding hydrogens is 182 g/mol. The summed E-state index contributed by atoms with van der Waals surface area (Å²) in [5.74, 6) is 0.116. The molecule has 0 radical (unpaired) electrons. The molecule has 3 N–H and O–H groups in total. The van der Waals surface area contributed by atoms with E-state index in [4.69, 9.17) is 5.73 Å². The van der Waals surface area contributed by atoms with E-state index in [1.165, 1.54) is 6.20 Å². The fourth-order valence-electron chi connectivity index (χ4n) is 1.33. The minimum Gasteiger partial charge on any atom is -0.369 e. The van der Waals surface area contributed by atoms with Crippen LogP contribution in [0.1, 0.15) is 19.9 Å². The molecule has 0 aromatic carbocycles. The van der Waals surface area contributed by atoms with Crippen molar-refractivity contribution in [3.63, 3.8) is 0 Å². The Morgan fingerprint density at radius 2 is 2.29 bits per heavy atom. The van der Waals surface area contributed by atoms with Crippen LogP contribution in [0.25, 0.3) is 11.0 Å². The van der Waals surface area contributed by atoms with Gasteiger partial charge in [0, 0.05) is 6.04 Å². The largest absolute Gasteiger partial charge is 0.369 e. The Morgan fingerprint density at radius 3 is 2.93 bits per heavy atom. The first-order valence-corrected chi connectivity index (χ1v) is 4.32. The van der Waals surface area contributed by atoms with Crippen LogP contribution in [0, 0.1) is 0 Å². The zero-order valence-corrected chi connectivity index (χ0v) is 7.98. The van der Waals surface area contributed by atoms with Crippen molar-refractivity contribution in [1.29, 1.82) is 0 Å². The van der Waals surface area contributed by atoms with E-state index in [-0.39, 0.29) is 17.5 Å². The Balaban J connectivity index is 2.85. The lowest BCUT2D eigenvalue weighted by Gasteiger charge is -2.05. The summed E-state index contributed by atoms with van der Waals surface area (Å²) in [5.41, 5.74) is 5.72. The third kappa shape index (κ3) is 1.15. The smallest absolute Gasteiger partial charge is 0.263 e. The van der Waals surface area contributed by atoms with Gasteiger partial charge in [0.2, 0.25) is 5.95 Å². The molecule has 0 amide bonds. The Morgan fingerprint density at radius 1 is 1.57 bits per heavy atom. The zero-order valence-electron chi connectivity index (χ0n) is 7.98. The number of aromatic nitrogens is 4. The molecule has 2 aromatic heterocycles. The summed E-state index contributed by atoms with van der Waals surface area (Å²) in [5, 5.41) is 4.54. The van der Waals surface area contributed by atoms with Crippen LogP contribution in [-0.2, 0) is 0 Å². The van der Waals surface area contributed by atoms with Crippen molar-refractivity contribution >= 4 is 17.0 Å². The molecule has 2 heterocycles. The molecule has 14 heavy (non-hydrogen) atoms. The van der Waals surface area contributed by atoms with Gasteiger partial charge in [0.15, 0.2) is 5.65 Å². The first-order chi connectivity index (χ1) is 6.59. The lowest BCUT2D eigenvalue weighted by atomic mass is 10.4. The highest BCUT2D eigenvalue weighted by molar-refractivity contribution is 5.74. The number of nitrogens with zero attached hydrogens (tertiary/aromatic N) is 3. The van der Waals surface area contributed by atoms with Gasteiger partial charge < -0.3 is 5.73 Å². The molecule has 74 valence electrons. The van der Waals surface area contributed by atoms with Crippen LogP contribution >= 0.6 is 0 Å². The zero-order chi connectivity index (χ0) is 10.3. The van der Waals surface area contributed by atoms with Gasteiger partial charge in [-0.15, -0.1) is 0 Å². The second-order valence-electron chi connectivity index (χ2n) is 3.37. The van der Waals surface area contributed by atoms with Gasteiger partial charge in [-0.3, -0.25) is 9.78 Å². The molecule has 0 atom stereocenters. The highest BCUT2D eigenvalue weighted by Crippen LogP contribution is 2.11. The fourth-order valence-corrected chi connectivity index (χ4v) is 1.33. The summed E-state index contributed by atoms with van der Waals surface area (Å²) in [7, 11) is 0. The first kappa shape index (κ1) is 8.74. The maximum Gasteiger partial charge on any atom is 0.263 e. The molecule has 6 nitrogen and oxygen atoms in total. The number of nitrogens with one attached hydrogen (secondary N) is 1. The number of H-pyrrole nitrogens is 1. The molecule has 2 aromatic rings. The minimum absolute atomic E-state index is 0.116. The number of nitrogens with two attached hydrogens (primary N) is 1. The first-order valence-electron chi connectivity index (χ1n) is 4.32. The molecule has 0 bridgehead atoms. The number of nitrogen functional groups attached to an aromatic ring is 1. The van der Waals surface area contributed by atoms with Crippen LogP contribution in [0.15, 0.2) is 11.0 Å². The Labute approximate surface area is 79.8 Å². The predicted molar refractivity (Wildman–Crippen MR) is 52.9 cm³/mol. The molecule has 0 saturated carbocycles. The second-order valence-corrected chi connectivity index (χ2v) is 3.37. The normalized spacial score (nSPS) is 11.4. The standard InChI is InChI=1S/C8H11N5O/c1-4(2)13-6-5(3-10-13)7(14)12-8(9)11-6/h3-4H,1-2H3,(H3,9,11,12,14). The summed E-state index contributed by atoms with van der Waals surface area (Å²) in [4.78, 5) is 17.9. The van der Waals surface area contributed by atoms with Gasteiger partial charge in [-0.05, 0) is 13.8 Å². The average Bonchev–Trinajstić information content (AvgIpc) is 2.47. The topological polar surface area (TPSA) is 89.6 Å². The summed E-state index contributed by atoms with van der Waals surface area (Å²) < 4.78 is 1.67. The van der Waals surface area contributed by atoms with E-state index in [1.54, 1.807) is 4.68 Å². The van der Waals surface area contributed by atoms with E-state index >= 15 is 0 Å². The van der Waals surface area contributed by atoms with Gasteiger partial charge in [0.05, 0.1) is 6.20 Å². The highest BCUT2D eigenvalue weighted by atomic mass is 16.1.